The number of nitrogens with zero attached hydrogens (tertiary/aromatic N) is 2. The van der Waals surface area contributed by atoms with Gasteiger partial charge in [-0.25, -0.2) is 13.1 Å². The number of hydrogen-bond donors (Lipinski definition) is 2. The Hall–Kier alpha value is -2.78. The van der Waals surface area contributed by atoms with Gasteiger partial charge in [-0.1, -0.05) is 12.1 Å². The molecule has 2 heterocycles. The number of benzene rings is 1. The molecule has 2 aliphatic rings. The molecule has 4 rings (SSSR count). The van der Waals surface area contributed by atoms with Crippen LogP contribution < -0.4 is 10.0 Å². The number of rotatable bonds is 7. The molecule has 0 unspecified atom stereocenters. The van der Waals surface area contributed by atoms with Crippen molar-refractivity contribution in [2.24, 2.45) is 5.92 Å². The fourth-order valence-electron chi connectivity index (χ4n) is 3.65. The van der Waals surface area contributed by atoms with Gasteiger partial charge in [0.05, 0.1) is 4.90 Å². The van der Waals surface area contributed by atoms with E-state index in [0.29, 0.717) is 38.0 Å². The summed E-state index contributed by atoms with van der Waals surface area (Å²) in [7, 11) is -3.61. The lowest BCUT2D eigenvalue weighted by Crippen LogP contribution is -2.43. The highest BCUT2D eigenvalue weighted by molar-refractivity contribution is 7.89. The highest BCUT2D eigenvalue weighted by Gasteiger charge is 2.30. The van der Waals surface area contributed by atoms with Gasteiger partial charge in [-0.15, -0.1) is 0 Å². The lowest BCUT2D eigenvalue weighted by molar-refractivity contribution is -0.126. The second-order valence-corrected chi connectivity index (χ2v) is 9.78. The predicted molar refractivity (Wildman–Crippen MR) is 114 cm³/mol. The van der Waals surface area contributed by atoms with Gasteiger partial charge in [0.2, 0.25) is 15.9 Å². The van der Waals surface area contributed by atoms with Crippen LogP contribution in [0.5, 0.6) is 0 Å². The second-order valence-electron chi connectivity index (χ2n) is 8.07. The number of aromatic nitrogens is 1. The summed E-state index contributed by atoms with van der Waals surface area (Å²) in [6.07, 6.45) is 6.26. The van der Waals surface area contributed by atoms with Crippen LogP contribution in [0, 0.1) is 5.92 Å². The maximum absolute atomic E-state index is 12.9. The van der Waals surface area contributed by atoms with Gasteiger partial charge in [-0.05, 0) is 55.5 Å². The Labute approximate surface area is 182 Å². The Morgan fingerprint density at radius 1 is 1.06 bits per heavy atom. The van der Waals surface area contributed by atoms with Crippen molar-refractivity contribution in [1.29, 1.82) is 0 Å². The van der Waals surface area contributed by atoms with Crippen LogP contribution >= 0.6 is 0 Å². The predicted octanol–water partition coefficient (Wildman–Crippen LogP) is 1.69. The summed E-state index contributed by atoms with van der Waals surface area (Å²) in [6, 6.07) is 9.89. The summed E-state index contributed by atoms with van der Waals surface area (Å²) >= 11 is 0. The quantitative estimate of drug-likeness (QED) is 0.678. The van der Waals surface area contributed by atoms with Gasteiger partial charge in [0.1, 0.15) is 0 Å². The van der Waals surface area contributed by atoms with Gasteiger partial charge >= 0.3 is 0 Å². The number of piperidine rings is 1. The molecule has 1 aromatic carbocycles. The molecule has 1 saturated heterocycles. The SMILES string of the molecule is O=C(NCc1cccnc1)C1CCN(C(=O)c2cccc(S(=O)(=O)NC3CC3)c2)CC1. The highest BCUT2D eigenvalue weighted by Crippen LogP contribution is 2.24. The van der Waals surface area contributed by atoms with Crippen molar-refractivity contribution in [2.75, 3.05) is 13.1 Å². The lowest BCUT2D eigenvalue weighted by atomic mass is 9.95. The zero-order chi connectivity index (χ0) is 21.8. The Balaban J connectivity index is 1.32. The molecule has 2 aromatic rings. The zero-order valence-electron chi connectivity index (χ0n) is 17.2. The van der Waals surface area contributed by atoms with Crippen LogP contribution in [-0.2, 0) is 21.4 Å². The number of nitrogens with one attached hydrogen (secondary N) is 2. The molecule has 1 aliphatic carbocycles. The van der Waals surface area contributed by atoms with E-state index < -0.39 is 10.0 Å². The number of carbonyl (C=O) groups is 2. The van der Waals surface area contributed by atoms with Crippen LogP contribution in [0.15, 0.2) is 53.7 Å². The van der Waals surface area contributed by atoms with Crippen molar-refractivity contribution in [2.45, 2.75) is 43.2 Å². The Bertz CT molecular complexity index is 1050. The molecule has 2 amide bonds. The Morgan fingerprint density at radius 2 is 1.84 bits per heavy atom. The van der Waals surface area contributed by atoms with Crippen molar-refractivity contribution < 1.29 is 18.0 Å². The van der Waals surface area contributed by atoms with Crippen molar-refractivity contribution >= 4 is 21.8 Å². The summed E-state index contributed by atoms with van der Waals surface area (Å²) in [5.41, 5.74) is 1.28. The molecule has 31 heavy (non-hydrogen) atoms. The second kappa shape index (κ2) is 9.15. The average Bonchev–Trinajstić information content (AvgIpc) is 3.61. The van der Waals surface area contributed by atoms with Crippen LogP contribution in [0.1, 0.15) is 41.6 Å². The third-order valence-corrected chi connectivity index (χ3v) is 7.15. The summed E-state index contributed by atoms with van der Waals surface area (Å²) in [5, 5.41) is 2.93. The summed E-state index contributed by atoms with van der Waals surface area (Å²) in [5.74, 6) is -0.372. The molecule has 1 aromatic heterocycles. The summed E-state index contributed by atoms with van der Waals surface area (Å²) < 4.78 is 27.5. The van der Waals surface area contributed by atoms with Gasteiger partial charge in [0, 0.05) is 49.6 Å². The number of carbonyl (C=O) groups excluding carboxylic acids is 2. The fraction of sp³-hybridized carbons (Fsp3) is 0.409. The number of likely N-dealkylation sites (tertiary alicyclic amines) is 1. The van der Waals surface area contributed by atoms with E-state index in [9.17, 15) is 18.0 Å². The van der Waals surface area contributed by atoms with Gasteiger partial charge in [0.15, 0.2) is 0 Å². The zero-order valence-corrected chi connectivity index (χ0v) is 18.0. The molecule has 0 bridgehead atoms. The highest BCUT2D eigenvalue weighted by atomic mass is 32.2. The maximum Gasteiger partial charge on any atom is 0.253 e. The number of hydrogen-bond acceptors (Lipinski definition) is 5. The van der Waals surface area contributed by atoms with Crippen LogP contribution in [0.4, 0.5) is 0 Å². The molecular weight excluding hydrogens is 416 g/mol. The third-order valence-electron chi connectivity index (χ3n) is 5.63. The van der Waals surface area contributed by atoms with E-state index in [-0.39, 0.29) is 28.7 Å². The van der Waals surface area contributed by atoms with E-state index in [1.54, 1.807) is 29.4 Å². The van der Waals surface area contributed by atoms with E-state index >= 15 is 0 Å². The van der Waals surface area contributed by atoms with Crippen molar-refractivity contribution in [1.82, 2.24) is 19.9 Å². The summed E-state index contributed by atoms with van der Waals surface area (Å²) in [6.45, 7) is 1.35. The number of sulfonamides is 1. The first-order chi connectivity index (χ1) is 14.9. The van der Waals surface area contributed by atoms with E-state index in [2.05, 4.69) is 15.0 Å². The summed E-state index contributed by atoms with van der Waals surface area (Å²) in [4.78, 5) is 31.2. The Kier molecular flexibility index (Phi) is 6.33. The normalized spacial score (nSPS) is 17.4. The van der Waals surface area contributed by atoms with Crippen molar-refractivity contribution in [3.63, 3.8) is 0 Å². The molecule has 0 radical (unpaired) electrons. The van der Waals surface area contributed by atoms with Crippen molar-refractivity contribution in [3.05, 3.63) is 59.9 Å². The molecule has 2 fully saturated rings. The first-order valence-electron chi connectivity index (χ1n) is 10.5. The largest absolute Gasteiger partial charge is 0.352 e. The van der Waals surface area contributed by atoms with Gasteiger partial charge < -0.3 is 10.2 Å². The van der Waals surface area contributed by atoms with Crippen LogP contribution in [-0.4, -0.2) is 49.2 Å². The van der Waals surface area contributed by atoms with Gasteiger partial charge in [0.25, 0.3) is 5.91 Å². The first-order valence-corrected chi connectivity index (χ1v) is 12.0. The number of pyridine rings is 1. The molecule has 8 nitrogen and oxygen atoms in total. The van der Waals surface area contributed by atoms with E-state index in [4.69, 9.17) is 0 Å². The van der Waals surface area contributed by atoms with Gasteiger partial charge in [-0.2, -0.15) is 0 Å². The van der Waals surface area contributed by atoms with Gasteiger partial charge in [-0.3, -0.25) is 14.6 Å². The molecule has 0 atom stereocenters. The maximum atomic E-state index is 12.9. The van der Waals surface area contributed by atoms with Crippen molar-refractivity contribution in [3.8, 4) is 0 Å². The lowest BCUT2D eigenvalue weighted by Gasteiger charge is -2.31. The van der Waals surface area contributed by atoms with E-state index in [0.717, 1.165) is 18.4 Å². The minimum Gasteiger partial charge on any atom is -0.352 e. The molecule has 1 saturated carbocycles. The molecule has 1 aliphatic heterocycles. The average molecular weight is 443 g/mol. The standard InChI is InChI=1S/C22H26N4O4S/c27-21(24-15-16-3-2-10-23-14-16)17-8-11-26(12-9-17)22(28)18-4-1-5-20(13-18)31(29,30)25-19-6-7-19/h1-5,10,13-14,17,19,25H,6-9,11-12,15H2,(H,24,27). The monoisotopic (exact) mass is 442 g/mol. The third kappa shape index (κ3) is 5.48. The van der Waals surface area contributed by atoms with Crippen LogP contribution in [0.3, 0.4) is 0 Å². The molecule has 2 N–H and O–H groups in total. The van der Waals surface area contributed by atoms with E-state index in [1.165, 1.54) is 12.1 Å². The number of amides is 2. The molecule has 164 valence electrons. The molecule has 9 heteroatoms. The first kappa shape index (κ1) is 21.5. The molecular formula is C22H26N4O4S. The Morgan fingerprint density at radius 3 is 2.52 bits per heavy atom. The minimum absolute atomic E-state index is 0.00712. The fourth-order valence-corrected chi connectivity index (χ4v) is 5.00. The molecule has 0 spiro atoms. The van der Waals surface area contributed by atoms with Crippen LogP contribution in [0.25, 0.3) is 0 Å². The topological polar surface area (TPSA) is 108 Å². The smallest absolute Gasteiger partial charge is 0.253 e. The minimum atomic E-state index is -3.61. The van der Waals surface area contributed by atoms with E-state index in [1.807, 2.05) is 12.1 Å². The van der Waals surface area contributed by atoms with Crippen LogP contribution in [0.2, 0.25) is 0 Å².